The lowest BCUT2D eigenvalue weighted by Crippen LogP contribution is -2.13. The van der Waals surface area contributed by atoms with Crippen LogP contribution >= 0.6 is 0 Å². The van der Waals surface area contributed by atoms with Gasteiger partial charge in [0, 0.05) is 24.1 Å². The largest absolute Gasteiger partial charge is 0.494 e. The molecule has 0 spiro atoms. The summed E-state index contributed by atoms with van der Waals surface area (Å²) in [5, 5.41) is 2.56. The fraction of sp³-hybridized carbons (Fsp3) is 0.222. The number of rotatable bonds is 7. The molecule has 5 heteroatoms. The average molecular weight is 315 g/mol. The average Bonchev–Trinajstić information content (AvgIpc) is 2.54. The van der Waals surface area contributed by atoms with Gasteiger partial charge >= 0.3 is 0 Å². The number of ketones is 1. The summed E-state index contributed by atoms with van der Waals surface area (Å²) < 4.78 is 18.3. The lowest BCUT2D eigenvalue weighted by molar-refractivity contribution is -0.116. The van der Waals surface area contributed by atoms with Gasteiger partial charge in [-0.2, -0.15) is 0 Å². The van der Waals surface area contributed by atoms with Crippen LogP contribution in [0.5, 0.6) is 5.75 Å². The van der Waals surface area contributed by atoms with Crippen LogP contribution in [-0.2, 0) is 4.79 Å². The number of anilines is 1. The molecule has 1 amide bonds. The molecule has 4 nitrogen and oxygen atoms in total. The van der Waals surface area contributed by atoms with E-state index in [9.17, 15) is 14.0 Å². The van der Waals surface area contributed by atoms with Crippen molar-refractivity contribution in [3.8, 4) is 5.75 Å². The van der Waals surface area contributed by atoms with Gasteiger partial charge in [-0.3, -0.25) is 9.59 Å². The minimum atomic E-state index is -0.423. The Morgan fingerprint density at radius 2 is 1.83 bits per heavy atom. The van der Waals surface area contributed by atoms with E-state index in [1.807, 2.05) is 6.92 Å². The van der Waals surface area contributed by atoms with Gasteiger partial charge in [-0.25, -0.2) is 4.39 Å². The van der Waals surface area contributed by atoms with Crippen LogP contribution in [-0.4, -0.2) is 18.3 Å². The lowest BCUT2D eigenvalue weighted by Gasteiger charge is -2.06. The molecule has 0 radical (unpaired) electrons. The summed E-state index contributed by atoms with van der Waals surface area (Å²) >= 11 is 0. The van der Waals surface area contributed by atoms with Crippen molar-refractivity contribution >= 4 is 17.4 Å². The minimum absolute atomic E-state index is 0.0442. The van der Waals surface area contributed by atoms with Crippen molar-refractivity contribution in [2.24, 2.45) is 0 Å². The molecule has 0 bridgehead atoms. The molecule has 0 heterocycles. The van der Waals surface area contributed by atoms with Gasteiger partial charge in [-0.05, 0) is 49.4 Å². The van der Waals surface area contributed by atoms with Gasteiger partial charge in [0.25, 0.3) is 0 Å². The highest BCUT2D eigenvalue weighted by atomic mass is 19.1. The van der Waals surface area contributed by atoms with Gasteiger partial charge < -0.3 is 10.1 Å². The Labute approximate surface area is 134 Å². The quantitative estimate of drug-likeness (QED) is 0.790. The minimum Gasteiger partial charge on any atom is -0.494 e. The molecular weight excluding hydrogens is 297 g/mol. The van der Waals surface area contributed by atoms with E-state index in [-0.39, 0.29) is 24.5 Å². The molecule has 0 aliphatic carbocycles. The van der Waals surface area contributed by atoms with E-state index in [0.717, 1.165) is 0 Å². The Balaban J connectivity index is 1.84. The number of nitrogens with one attached hydrogen (secondary N) is 1. The molecule has 0 saturated carbocycles. The summed E-state index contributed by atoms with van der Waals surface area (Å²) in [6, 6.07) is 12.4. The molecule has 0 saturated heterocycles. The maximum atomic E-state index is 13.0. The molecule has 0 unspecified atom stereocenters. The second-order valence-corrected chi connectivity index (χ2v) is 4.94. The van der Waals surface area contributed by atoms with Crippen molar-refractivity contribution in [1.29, 1.82) is 0 Å². The topological polar surface area (TPSA) is 55.4 Å². The first-order chi connectivity index (χ1) is 11.1. The van der Waals surface area contributed by atoms with Crippen LogP contribution in [0.2, 0.25) is 0 Å². The second kappa shape index (κ2) is 8.08. The fourth-order valence-electron chi connectivity index (χ4n) is 2.06. The summed E-state index contributed by atoms with van der Waals surface area (Å²) in [6.07, 6.45) is 0.137. The molecule has 1 N–H and O–H groups in total. The normalized spacial score (nSPS) is 10.2. The van der Waals surface area contributed by atoms with E-state index in [1.54, 1.807) is 30.3 Å². The third-order valence-electron chi connectivity index (χ3n) is 3.17. The molecule has 0 aliphatic heterocycles. The number of Topliss-reactive ketones (excluding diaryl/α,β-unsaturated/α-hetero) is 1. The summed E-state index contributed by atoms with van der Waals surface area (Å²) in [4.78, 5) is 23.8. The monoisotopic (exact) mass is 315 g/mol. The zero-order valence-electron chi connectivity index (χ0n) is 12.8. The molecule has 2 aromatic rings. The zero-order valence-corrected chi connectivity index (χ0v) is 12.8. The second-order valence-electron chi connectivity index (χ2n) is 4.94. The summed E-state index contributed by atoms with van der Waals surface area (Å²) in [5.41, 5.74) is 0.913. The van der Waals surface area contributed by atoms with E-state index in [1.165, 1.54) is 18.2 Å². The van der Waals surface area contributed by atoms with Crippen LogP contribution in [0.15, 0.2) is 48.5 Å². The highest BCUT2D eigenvalue weighted by molar-refractivity contribution is 6.00. The Kier molecular flexibility index (Phi) is 5.86. The number of halogens is 1. The highest BCUT2D eigenvalue weighted by Crippen LogP contribution is 2.15. The molecule has 0 aromatic heterocycles. The molecule has 0 atom stereocenters. The molecular formula is C18H18FNO3. The first-order valence-electron chi connectivity index (χ1n) is 7.40. The number of amides is 1. The fourth-order valence-corrected chi connectivity index (χ4v) is 2.06. The van der Waals surface area contributed by atoms with Crippen molar-refractivity contribution in [1.82, 2.24) is 0 Å². The Hall–Kier alpha value is -2.69. The van der Waals surface area contributed by atoms with Crippen LogP contribution in [0.25, 0.3) is 0 Å². The number of hydrogen-bond acceptors (Lipinski definition) is 3. The van der Waals surface area contributed by atoms with Gasteiger partial charge in [-0.15, -0.1) is 0 Å². The van der Waals surface area contributed by atoms with Crippen LogP contribution in [0.4, 0.5) is 10.1 Å². The number of hydrogen-bond donors (Lipinski definition) is 1. The third-order valence-corrected chi connectivity index (χ3v) is 3.17. The van der Waals surface area contributed by atoms with Crippen molar-refractivity contribution in [3.05, 3.63) is 59.9 Å². The van der Waals surface area contributed by atoms with Crippen molar-refractivity contribution in [2.45, 2.75) is 19.8 Å². The molecule has 0 aliphatic rings. The van der Waals surface area contributed by atoms with E-state index >= 15 is 0 Å². The molecule has 120 valence electrons. The van der Waals surface area contributed by atoms with E-state index in [0.29, 0.717) is 23.6 Å². The molecule has 0 fully saturated rings. The van der Waals surface area contributed by atoms with Crippen LogP contribution in [0.3, 0.4) is 0 Å². The third kappa shape index (κ3) is 5.21. The highest BCUT2D eigenvalue weighted by Gasteiger charge is 2.10. The first kappa shape index (κ1) is 16.7. The van der Waals surface area contributed by atoms with E-state index < -0.39 is 5.82 Å². The molecule has 2 aromatic carbocycles. The summed E-state index contributed by atoms with van der Waals surface area (Å²) in [7, 11) is 0. The predicted octanol–water partition coefficient (Wildman–Crippen LogP) is 3.83. The van der Waals surface area contributed by atoms with Gasteiger partial charge in [0.15, 0.2) is 5.78 Å². The number of carbonyl (C=O) groups is 2. The molecule has 2 rings (SSSR count). The summed E-state index contributed by atoms with van der Waals surface area (Å²) in [5.74, 6) is -0.168. The van der Waals surface area contributed by atoms with Crippen molar-refractivity contribution in [2.75, 3.05) is 11.9 Å². The predicted molar refractivity (Wildman–Crippen MR) is 86.2 cm³/mol. The molecule has 23 heavy (non-hydrogen) atoms. The van der Waals surface area contributed by atoms with Crippen LogP contribution in [0, 0.1) is 5.82 Å². The van der Waals surface area contributed by atoms with Crippen molar-refractivity contribution in [3.63, 3.8) is 0 Å². The first-order valence-corrected chi connectivity index (χ1v) is 7.40. The maximum Gasteiger partial charge on any atom is 0.224 e. The van der Waals surface area contributed by atoms with E-state index in [4.69, 9.17) is 4.74 Å². The smallest absolute Gasteiger partial charge is 0.224 e. The Bertz CT molecular complexity index is 683. The Morgan fingerprint density at radius 3 is 2.48 bits per heavy atom. The Morgan fingerprint density at radius 1 is 1.09 bits per heavy atom. The van der Waals surface area contributed by atoms with Gasteiger partial charge in [0.05, 0.1) is 6.61 Å². The van der Waals surface area contributed by atoms with Crippen LogP contribution in [0.1, 0.15) is 30.1 Å². The van der Waals surface area contributed by atoms with Crippen LogP contribution < -0.4 is 10.1 Å². The number of carbonyl (C=O) groups excluding carboxylic acids is 2. The zero-order chi connectivity index (χ0) is 16.7. The lowest BCUT2D eigenvalue weighted by atomic mass is 10.1. The number of ether oxygens (including phenoxy) is 1. The summed E-state index contributed by atoms with van der Waals surface area (Å²) in [6.45, 7) is 2.45. The maximum absolute atomic E-state index is 13.0. The standard InChI is InChI=1S/C18H18FNO3/c1-2-23-16-8-6-13(7-9-16)17(21)10-11-18(22)20-15-5-3-4-14(19)12-15/h3-9,12H,2,10-11H2,1H3,(H,20,22). The SMILES string of the molecule is CCOc1ccc(C(=O)CCC(=O)Nc2cccc(F)c2)cc1. The van der Waals surface area contributed by atoms with Gasteiger partial charge in [0.2, 0.25) is 5.91 Å². The number of benzene rings is 2. The van der Waals surface area contributed by atoms with E-state index in [2.05, 4.69) is 5.32 Å². The van der Waals surface area contributed by atoms with Crippen molar-refractivity contribution < 1.29 is 18.7 Å². The van der Waals surface area contributed by atoms with Gasteiger partial charge in [0.1, 0.15) is 11.6 Å². The van der Waals surface area contributed by atoms with Gasteiger partial charge in [-0.1, -0.05) is 6.07 Å².